The van der Waals surface area contributed by atoms with Crippen LogP contribution in [-0.4, -0.2) is 42.5 Å². The van der Waals surface area contributed by atoms with Crippen molar-refractivity contribution in [3.8, 4) is 0 Å². The Bertz CT molecular complexity index is 565. The number of hydrogen-bond donors (Lipinski definition) is 2. The van der Waals surface area contributed by atoms with Crippen LogP contribution in [0.2, 0.25) is 0 Å². The summed E-state index contributed by atoms with van der Waals surface area (Å²) in [6, 6.07) is -0.0843. The summed E-state index contributed by atoms with van der Waals surface area (Å²) in [7, 11) is -2.93. The molecule has 2 rings (SSSR count). The molecule has 1 aliphatic rings. The normalized spacial score (nSPS) is 21.4. The summed E-state index contributed by atoms with van der Waals surface area (Å²) in [5, 5.41) is 6.32. The zero-order valence-electron chi connectivity index (χ0n) is 11.4. The monoisotopic (exact) mass is 362 g/mol. The molecule has 0 spiro atoms. The molecule has 0 amide bonds. The summed E-state index contributed by atoms with van der Waals surface area (Å²) < 4.78 is 24.0. The van der Waals surface area contributed by atoms with Crippen molar-refractivity contribution < 1.29 is 8.42 Å². The van der Waals surface area contributed by atoms with Crippen molar-refractivity contribution in [3.63, 3.8) is 0 Å². The average Bonchev–Trinajstić information content (AvgIpc) is 2.38. The van der Waals surface area contributed by atoms with E-state index in [1.54, 1.807) is 6.20 Å². The number of nitrogens with zero attached hydrogens (tertiary/aromatic N) is 2. The van der Waals surface area contributed by atoms with E-state index in [1.807, 2.05) is 0 Å². The standard InChI is InChI=1S/C12H19BrN4O2S/c1-2-5-14-12-15-7-10(13)11(17-12)16-9-4-3-6-20(18,19)8-9/h7,9H,2-6,8H2,1H3,(H2,14,15,16,17). The highest BCUT2D eigenvalue weighted by atomic mass is 79.9. The molecule has 1 unspecified atom stereocenters. The van der Waals surface area contributed by atoms with Crippen LogP contribution in [0.1, 0.15) is 26.2 Å². The molecule has 2 N–H and O–H groups in total. The fourth-order valence-electron chi connectivity index (χ4n) is 2.12. The van der Waals surface area contributed by atoms with E-state index >= 15 is 0 Å². The summed E-state index contributed by atoms with van der Waals surface area (Å²) >= 11 is 3.39. The smallest absolute Gasteiger partial charge is 0.224 e. The topological polar surface area (TPSA) is 84.0 Å². The third kappa shape index (κ3) is 4.31. The van der Waals surface area contributed by atoms with Gasteiger partial charge in [0.2, 0.25) is 5.95 Å². The lowest BCUT2D eigenvalue weighted by molar-refractivity contribution is 0.561. The van der Waals surface area contributed by atoms with Gasteiger partial charge in [-0.05, 0) is 35.2 Å². The van der Waals surface area contributed by atoms with Gasteiger partial charge in [0.05, 0.1) is 16.0 Å². The van der Waals surface area contributed by atoms with E-state index in [9.17, 15) is 8.42 Å². The average molecular weight is 363 g/mol. The number of rotatable bonds is 5. The molecular formula is C12H19BrN4O2S. The van der Waals surface area contributed by atoms with Gasteiger partial charge in [-0.1, -0.05) is 6.92 Å². The van der Waals surface area contributed by atoms with E-state index in [4.69, 9.17) is 0 Å². The zero-order valence-corrected chi connectivity index (χ0v) is 13.8. The lowest BCUT2D eigenvalue weighted by Crippen LogP contribution is -2.35. The van der Waals surface area contributed by atoms with Crippen molar-refractivity contribution in [1.82, 2.24) is 9.97 Å². The molecule has 1 aliphatic heterocycles. The molecule has 1 aromatic rings. The fraction of sp³-hybridized carbons (Fsp3) is 0.667. The van der Waals surface area contributed by atoms with Gasteiger partial charge in [-0.2, -0.15) is 4.98 Å². The largest absolute Gasteiger partial charge is 0.365 e. The molecule has 0 saturated carbocycles. The number of sulfone groups is 1. The van der Waals surface area contributed by atoms with Crippen LogP contribution >= 0.6 is 15.9 Å². The summed E-state index contributed by atoms with van der Waals surface area (Å²) in [6.45, 7) is 2.87. The second-order valence-electron chi connectivity index (χ2n) is 4.91. The van der Waals surface area contributed by atoms with Crippen LogP contribution in [0.4, 0.5) is 11.8 Å². The van der Waals surface area contributed by atoms with Gasteiger partial charge in [-0.15, -0.1) is 0 Å². The molecule has 1 aromatic heterocycles. The first-order chi connectivity index (χ1) is 9.50. The van der Waals surface area contributed by atoms with Gasteiger partial charge in [0.15, 0.2) is 9.84 Å². The zero-order chi connectivity index (χ0) is 14.6. The van der Waals surface area contributed by atoms with Crippen LogP contribution in [0.3, 0.4) is 0 Å². The molecule has 1 atom stereocenters. The van der Waals surface area contributed by atoms with Gasteiger partial charge >= 0.3 is 0 Å². The molecule has 0 radical (unpaired) electrons. The van der Waals surface area contributed by atoms with Crippen molar-refractivity contribution in [2.24, 2.45) is 0 Å². The molecule has 1 fully saturated rings. The quantitative estimate of drug-likeness (QED) is 0.833. The van der Waals surface area contributed by atoms with Crippen molar-refractivity contribution in [3.05, 3.63) is 10.7 Å². The summed E-state index contributed by atoms with van der Waals surface area (Å²) in [4.78, 5) is 8.55. The Kier molecular flexibility index (Phi) is 5.20. The van der Waals surface area contributed by atoms with E-state index in [-0.39, 0.29) is 11.8 Å². The summed E-state index contributed by atoms with van der Waals surface area (Å²) in [5.41, 5.74) is 0. The van der Waals surface area contributed by atoms with Crippen molar-refractivity contribution in [2.45, 2.75) is 32.2 Å². The Morgan fingerprint density at radius 3 is 3.00 bits per heavy atom. The highest BCUT2D eigenvalue weighted by molar-refractivity contribution is 9.10. The highest BCUT2D eigenvalue weighted by Crippen LogP contribution is 2.23. The molecule has 8 heteroatoms. The number of aromatic nitrogens is 2. The predicted molar refractivity (Wildman–Crippen MR) is 83.8 cm³/mol. The van der Waals surface area contributed by atoms with Crippen LogP contribution in [0.15, 0.2) is 10.7 Å². The Morgan fingerprint density at radius 1 is 1.50 bits per heavy atom. The lowest BCUT2D eigenvalue weighted by Gasteiger charge is -2.24. The molecule has 0 bridgehead atoms. The SMILES string of the molecule is CCCNc1ncc(Br)c(NC2CCCS(=O)(=O)C2)n1. The number of anilines is 2. The second kappa shape index (κ2) is 6.71. The van der Waals surface area contributed by atoms with Crippen LogP contribution in [0, 0.1) is 0 Å². The molecular weight excluding hydrogens is 344 g/mol. The first-order valence-electron chi connectivity index (χ1n) is 6.73. The Labute approximate surface area is 127 Å². The summed E-state index contributed by atoms with van der Waals surface area (Å²) in [6.07, 6.45) is 4.20. The van der Waals surface area contributed by atoms with E-state index in [1.165, 1.54) is 0 Å². The summed E-state index contributed by atoms with van der Waals surface area (Å²) in [5.74, 6) is 1.65. The fourth-order valence-corrected chi connectivity index (χ4v) is 4.06. The second-order valence-corrected chi connectivity index (χ2v) is 8.00. The first kappa shape index (κ1) is 15.5. The van der Waals surface area contributed by atoms with Crippen molar-refractivity contribution >= 4 is 37.5 Å². The number of hydrogen-bond acceptors (Lipinski definition) is 6. The Morgan fingerprint density at radius 2 is 2.30 bits per heavy atom. The van der Waals surface area contributed by atoms with Crippen LogP contribution in [0.25, 0.3) is 0 Å². The van der Waals surface area contributed by atoms with Crippen LogP contribution < -0.4 is 10.6 Å². The van der Waals surface area contributed by atoms with E-state index in [0.717, 1.165) is 23.9 Å². The minimum Gasteiger partial charge on any atom is -0.365 e. The van der Waals surface area contributed by atoms with E-state index in [2.05, 4.69) is 43.5 Å². The number of nitrogens with one attached hydrogen (secondary N) is 2. The lowest BCUT2D eigenvalue weighted by atomic mass is 10.2. The molecule has 1 saturated heterocycles. The number of halogens is 1. The maximum Gasteiger partial charge on any atom is 0.224 e. The van der Waals surface area contributed by atoms with Crippen molar-refractivity contribution in [1.29, 1.82) is 0 Å². The molecule has 0 aromatic carbocycles. The highest BCUT2D eigenvalue weighted by Gasteiger charge is 2.25. The maximum absolute atomic E-state index is 11.6. The molecule has 6 nitrogen and oxygen atoms in total. The third-order valence-corrected chi connectivity index (χ3v) is 5.48. The van der Waals surface area contributed by atoms with Gasteiger partial charge in [0, 0.05) is 18.8 Å². The Hall–Kier alpha value is -0.890. The minimum atomic E-state index is -2.93. The minimum absolute atomic E-state index is 0.0843. The molecule has 20 heavy (non-hydrogen) atoms. The van der Waals surface area contributed by atoms with Gasteiger partial charge in [-0.3, -0.25) is 0 Å². The third-order valence-electron chi connectivity index (χ3n) is 3.08. The van der Waals surface area contributed by atoms with Gasteiger partial charge in [0.25, 0.3) is 0 Å². The molecule has 112 valence electrons. The molecule has 2 heterocycles. The predicted octanol–water partition coefficient (Wildman–Crippen LogP) is 2.05. The van der Waals surface area contributed by atoms with Crippen molar-refractivity contribution in [2.75, 3.05) is 28.7 Å². The van der Waals surface area contributed by atoms with Crippen LogP contribution in [-0.2, 0) is 9.84 Å². The van der Waals surface area contributed by atoms with Gasteiger partial charge in [0.1, 0.15) is 5.82 Å². The molecule has 0 aliphatic carbocycles. The maximum atomic E-state index is 11.6. The van der Waals surface area contributed by atoms with E-state index < -0.39 is 9.84 Å². The van der Waals surface area contributed by atoms with Gasteiger partial charge < -0.3 is 10.6 Å². The Balaban J connectivity index is 2.08. The van der Waals surface area contributed by atoms with E-state index in [0.29, 0.717) is 23.9 Å². The first-order valence-corrected chi connectivity index (χ1v) is 9.35. The van der Waals surface area contributed by atoms with Gasteiger partial charge in [-0.25, -0.2) is 13.4 Å². The van der Waals surface area contributed by atoms with Crippen LogP contribution in [0.5, 0.6) is 0 Å².